The molecule has 0 unspecified atom stereocenters. The van der Waals surface area contributed by atoms with Crippen molar-refractivity contribution in [1.29, 1.82) is 0 Å². The van der Waals surface area contributed by atoms with Crippen LogP contribution in [-0.4, -0.2) is 9.13 Å². The second-order valence-electron chi connectivity index (χ2n) is 22.9. The SMILES string of the molecule is CC1(C)c2cc(N(c3ccccc3)c3ccc4c(c3)c3ccccc3n4-c3ccccc3)ccc2-c2cc3c(cc21)C(C)(C)c1cc(N(c2ccccc2)c2ccc4c(c2)c2ccccc2n4-c2ccccc2)c2ccccc2c1-3. The number of hydrogen-bond acceptors (Lipinski definition) is 2. The first-order valence-corrected chi connectivity index (χ1v) is 28.0. The van der Waals surface area contributed by atoms with Crippen LogP contribution in [0.25, 0.3) is 88.0 Å². The molecule has 0 spiro atoms. The van der Waals surface area contributed by atoms with Gasteiger partial charge in [0, 0.05) is 77.6 Å². The second kappa shape index (κ2) is 17.3. The third-order valence-electron chi connectivity index (χ3n) is 17.8. The maximum Gasteiger partial charge on any atom is 0.0543 e. The Labute approximate surface area is 466 Å². The van der Waals surface area contributed by atoms with Gasteiger partial charge >= 0.3 is 0 Å². The second-order valence-corrected chi connectivity index (χ2v) is 22.9. The van der Waals surface area contributed by atoms with Crippen LogP contribution in [0.15, 0.2) is 267 Å². The first-order chi connectivity index (χ1) is 39.2. The molecular formula is C76H56N4. The Morgan fingerprint density at radius 2 is 0.675 bits per heavy atom. The number of benzene rings is 12. The van der Waals surface area contributed by atoms with E-state index in [-0.39, 0.29) is 10.8 Å². The van der Waals surface area contributed by atoms with Crippen LogP contribution in [0.3, 0.4) is 0 Å². The molecule has 0 fully saturated rings. The van der Waals surface area contributed by atoms with E-state index in [9.17, 15) is 0 Å². The fourth-order valence-electron chi connectivity index (χ4n) is 14.0. The molecule has 2 heterocycles. The van der Waals surface area contributed by atoms with E-state index < -0.39 is 0 Å². The molecule has 380 valence electrons. The Hall–Kier alpha value is -9.90. The number of anilines is 6. The zero-order valence-electron chi connectivity index (χ0n) is 45.2. The maximum absolute atomic E-state index is 2.58. The number of nitrogens with zero attached hydrogens (tertiary/aromatic N) is 4. The van der Waals surface area contributed by atoms with Crippen LogP contribution in [0.1, 0.15) is 49.9 Å². The highest BCUT2D eigenvalue weighted by Gasteiger charge is 2.43. The Morgan fingerprint density at radius 1 is 0.263 bits per heavy atom. The van der Waals surface area contributed by atoms with E-state index in [2.05, 4.69) is 314 Å². The van der Waals surface area contributed by atoms with Gasteiger partial charge in [0.2, 0.25) is 0 Å². The minimum Gasteiger partial charge on any atom is -0.310 e. The van der Waals surface area contributed by atoms with Gasteiger partial charge in [0.15, 0.2) is 0 Å². The Bertz CT molecular complexity index is 4810. The Morgan fingerprint density at radius 3 is 1.25 bits per heavy atom. The third kappa shape index (κ3) is 6.69. The van der Waals surface area contributed by atoms with E-state index in [4.69, 9.17) is 0 Å². The van der Waals surface area contributed by atoms with Gasteiger partial charge in [-0.05, 0) is 171 Å². The molecule has 0 saturated heterocycles. The van der Waals surface area contributed by atoms with Gasteiger partial charge in [-0.15, -0.1) is 0 Å². The number of rotatable bonds is 8. The lowest BCUT2D eigenvalue weighted by molar-refractivity contribution is 0.639. The van der Waals surface area contributed by atoms with Gasteiger partial charge in [0.05, 0.1) is 27.8 Å². The summed E-state index contributed by atoms with van der Waals surface area (Å²) in [6.07, 6.45) is 0. The molecule has 0 atom stereocenters. The lowest BCUT2D eigenvalue weighted by atomic mass is 9.77. The smallest absolute Gasteiger partial charge is 0.0543 e. The highest BCUT2D eigenvalue weighted by Crippen LogP contribution is 2.60. The summed E-state index contributed by atoms with van der Waals surface area (Å²) in [6.45, 7) is 9.75. The average Bonchev–Trinajstić information content (AvgIpc) is 4.14. The highest BCUT2D eigenvalue weighted by atomic mass is 15.2. The van der Waals surface area contributed by atoms with E-state index in [0.29, 0.717) is 0 Å². The first-order valence-electron chi connectivity index (χ1n) is 28.0. The molecule has 80 heavy (non-hydrogen) atoms. The van der Waals surface area contributed by atoms with E-state index in [1.807, 2.05) is 0 Å². The van der Waals surface area contributed by atoms with Crippen molar-refractivity contribution in [3.05, 3.63) is 289 Å². The largest absolute Gasteiger partial charge is 0.310 e. The quantitative estimate of drug-likeness (QED) is 0.151. The molecule has 4 heteroatoms. The third-order valence-corrected chi connectivity index (χ3v) is 17.8. The number of fused-ring (bicyclic) bond motifs is 14. The zero-order valence-corrected chi connectivity index (χ0v) is 45.2. The summed E-state index contributed by atoms with van der Waals surface area (Å²) in [5, 5.41) is 7.42. The van der Waals surface area contributed by atoms with Crippen molar-refractivity contribution in [1.82, 2.24) is 9.13 Å². The Balaban J connectivity index is 0.840. The van der Waals surface area contributed by atoms with Gasteiger partial charge in [0.25, 0.3) is 0 Å². The number of hydrogen-bond donors (Lipinski definition) is 0. The van der Waals surface area contributed by atoms with Gasteiger partial charge in [-0.1, -0.05) is 173 Å². The summed E-state index contributed by atoms with van der Waals surface area (Å²) in [7, 11) is 0. The standard InChI is InChI=1S/C76H56N4/c1-75(2)65-45-55(77(49-23-9-5-10-24-49)53-38-41-71-62(43-53)58-32-19-21-35-69(58)79(71)51-27-13-7-14-28-51)37-40-56(65)61-46-64-67(47-66(61)75)76(3,4)68-48-73(57-31-17-18-34-60(57)74(64)68)78(50-25-11-6-12-26-50)54-39-42-72-63(44-54)59-33-20-22-36-70(59)80(72)52-29-15-8-16-30-52/h5-48H,1-4H3. The molecule has 2 aromatic heterocycles. The molecule has 2 aliphatic carbocycles. The van der Waals surface area contributed by atoms with Crippen molar-refractivity contribution in [2.24, 2.45) is 0 Å². The van der Waals surface area contributed by atoms with Crippen molar-refractivity contribution >= 4 is 88.5 Å². The normalized spacial score (nSPS) is 13.7. The summed E-state index contributed by atoms with van der Waals surface area (Å²) in [5.74, 6) is 0. The zero-order chi connectivity index (χ0) is 53.4. The summed E-state index contributed by atoms with van der Waals surface area (Å²) in [6, 6.07) is 98.9. The van der Waals surface area contributed by atoms with Crippen molar-refractivity contribution in [2.75, 3.05) is 9.80 Å². The molecule has 0 N–H and O–H groups in total. The molecule has 0 amide bonds. The van der Waals surface area contributed by atoms with Crippen LogP contribution in [0.2, 0.25) is 0 Å². The molecule has 14 aromatic rings. The van der Waals surface area contributed by atoms with Crippen LogP contribution in [-0.2, 0) is 10.8 Å². The van der Waals surface area contributed by atoms with Gasteiger partial charge in [-0.2, -0.15) is 0 Å². The number of aromatic nitrogens is 2. The lowest BCUT2D eigenvalue weighted by Crippen LogP contribution is -2.19. The minimum atomic E-state index is -0.295. The lowest BCUT2D eigenvalue weighted by Gasteiger charge is -2.30. The molecule has 12 aromatic carbocycles. The minimum absolute atomic E-state index is 0.268. The molecule has 16 rings (SSSR count). The maximum atomic E-state index is 2.58. The molecule has 2 aliphatic rings. The van der Waals surface area contributed by atoms with Crippen LogP contribution < -0.4 is 9.80 Å². The molecule has 0 radical (unpaired) electrons. The monoisotopic (exact) mass is 1020 g/mol. The molecule has 0 bridgehead atoms. The summed E-state index contributed by atoms with van der Waals surface area (Å²) >= 11 is 0. The van der Waals surface area contributed by atoms with E-state index in [1.54, 1.807) is 0 Å². The van der Waals surface area contributed by atoms with Gasteiger partial charge in [0.1, 0.15) is 0 Å². The predicted octanol–water partition coefficient (Wildman–Crippen LogP) is 20.6. The fourth-order valence-corrected chi connectivity index (χ4v) is 14.0. The summed E-state index contributed by atoms with van der Waals surface area (Å²) in [4.78, 5) is 4.93. The average molecular weight is 1030 g/mol. The number of para-hydroxylation sites is 6. The van der Waals surface area contributed by atoms with Crippen LogP contribution >= 0.6 is 0 Å². The summed E-state index contributed by atoms with van der Waals surface area (Å²) in [5.41, 5.74) is 24.1. The van der Waals surface area contributed by atoms with Gasteiger partial charge in [-0.3, -0.25) is 0 Å². The van der Waals surface area contributed by atoms with Gasteiger partial charge < -0.3 is 18.9 Å². The van der Waals surface area contributed by atoms with E-state index in [1.165, 1.54) is 105 Å². The summed E-state index contributed by atoms with van der Waals surface area (Å²) < 4.78 is 4.79. The van der Waals surface area contributed by atoms with Crippen LogP contribution in [0, 0.1) is 0 Å². The molecule has 4 nitrogen and oxygen atoms in total. The van der Waals surface area contributed by atoms with Crippen molar-refractivity contribution in [3.8, 4) is 33.6 Å². The van der Waals surface area contributed by atoms with Crippen LogP contribution in [0.5, 0.6) is 0 Å². The van der Waals surface area contributed by atoms with E-state index in [0.717, 1.165) is 39.8 Å². The molecular weight excluding hydrogens is 969 g/mol. The van der Waals surface area contributed by atoms with Gasteiger partial charge in [-0.25, -0.2) is 0 Å². The first kappa shape index (κ1) is 46.2. The topological polar surface area (TPSA) is 16.3 Å². The highest BCUT2D eigenvalue weighted by molar-refractivity contribution is 6.14. The van der Waals surface area contributed by atoms with Crippen molar-refractivity contribution in [2.45, 2.75) is 38.5 Å². The van der Waals surface area contributed by atoms with Crippen LogP contribution in [0.4, 0.5) is 34.1 Å². The van der Waals surface area contributed by atoms with Crippen molar-refractivity contribution in [3.63, 3.8) is 0 Å². The molecule has 0 saturated carbocycles. The fraction of sp³-hybridized carbons (Fsp3) is 0.0789. The predicted molar refractivity (Wildman–Crippen MR) is 337 cm³/mol. The Kier molecular flexibility index (Phi) is 9.99. The van der Waals surface area contributed by atoms with E-state index >= 15 is 0 Å². The molecule has 0 aliphatic heterocycles. The van der Waals surface area contributed by atoms with Crippen molar-refractivity contribution < 1.29 is 0 Å².